The zero-order valence-electron chi connectivity index (χ0n) is 20.2. The molecule has 184 valence electrons. The summed E-state index contributed by atoms with van der Waals surface area (Å²) in [4.78, 5) is 13.4. The van der Waals surface area contributed by atoms with Crippen LogP contribution in [0.1, 0.15) is 46.1 Å². The lowest BCUT2D eigenvalue weighted by Crippen LogP contribution is -2.63. The first kappa shape index (κ1) is 22.7. The van der Waals surface area contributed by atoms with Crippen LogP contribution in [0.4, 0.5) is 0 Å². The van der Waals surface area contributed by atoms with Crippen molar-refractivity contribution < 1.29 is 33.2 Å². The van der Waals surface area contributed by atoms with Crippen molar-refractivity contribution in [1.29, 1.82) is 0 Å². The number of hydrogen-bond acceptors (Lipinski definition) is 7. The van der Waals surface area contributed by atoms with Gasteiger partial charge in [-0.1, -0.05) is 42.5 Å². The molecule has 6 rings (SSSR count). The lowest BCUT2D eigenvalue weighted by Gasteiger charge is -2.42. The van der Waals surface area contributed by atoms with Gasteiger partial charge >= 0.3 is 5.97 Å². The molecule has 4 fully saturated rings. The van der Waals surface area contributed by atoms with Crippen LogP contribution in [0.2, 0.25) is 0 Å². The highest BCUT2D eigenvalue weighted by atomic mass is 16.8. The number of esters is 1. The minimum absolute atomic E-state index is 0.117. The molecule has 2 saturated carbocycles. The van der Waals surface area contributed by atoms with Crippen LogP contribution in [0, 0.1) is 17.8 Å². The molecular weight excluding hydrogens is 436 g/mol. The van der Waals surface area contributed by atoms with Gasteiger partial charge in [0.15, 0.2) is 17.7 Å². The first-order valence-electron chi connectivity index (χ1n) is 12.4. The van der Waals surface area contributed by atoms with E-state index in [4.69, 9.17) is 28.4 Å². The van der Waals surface area contributed by atoms with Gasteiger partial charge in [-0.05, 0) is 57.9 Å². The van der Waals surface area contributed by atoms with Crippen molar-refractivity contribution in [2.75, 3.05) is 0 Å². The number of rotatable bonds is 5. The molecule has 0 N–H and O–H groups in total. The Kier molecular flexibility index (Phi) is 5.43. The maximum Gasteiger partial charge on any atom is 0.310 e. The van der Waals surface area contributed by atoms with Crippen molar-refractivity contribution in [3.8, 4) is 0 Å². The third-order valence-electron chi connectivity index (χ3n) is 7.74. The second-order valence-corrected chi connectivity index (χ2v) is 11.2. The Labute approximate surface area is 200 Å². The summed E-state index contributed by atoms with van der Waals surface area (Å²) < 4.78 is 37.9. The predicted molar refractivity (Wildman–Crippen MR) is 121 cm³/mol. The van der Waals surface area contributed by atoms with Crippen LogP contribution in [-0.2, 0) is 39.8 Å². The van der Waals surface area contributed by atoms with Crippen molar-refractivity contribution in [2.24, 2.45) is 17.8 Å². The van der Waals surface area contributed by atoms with E-state index in [2.05, 4.69) is 12.2 Å². The molecule has 34 heavy (non-hydrogen) atoms. The number of allylic oxidation sites excluding steroid dienone is 2. The van der Waals surface area contributed by atoms with E-state index in [0.717, 1.165) is 18.4 Å². The van der Waals surface area contributed by atoms with E-state index < -0.39 is 42.1 Å². The van der Waals surface area contributed by atoms with E-state index >= 15 is 0 Å². The summed E-state index contributed by atoms with van der Waals surface area (Å²) in [5.41, 5.74) is 1.03. The fraction of sp³-hybridized carbons (Fsp3) is 0.667. The van der Waals surface area contributed by atoms with Gasteiger partial charge in [0.25, 0.3) is 0 Å². The third-order valence-corrected chi connectivity index (χ3v) is 7.74. The fourth-order valence-corrected chi connectivity index (χ4v) is 6.39. The van der Waals surface area contributed by atoms with Crippen molar-refractivity contribution >= 4 is 5.97 Å². The van der Waals surface area contributed by atoms with Crippen LogP contribution in [-0.4, -0.2) is 54.2 Å². The standard InChI is InChI=1S/C27H34O7/c1-26(2)31-21-19(29-14-15-8-6-5-7-9-15)20(22-24(23(21)33-26)34-27(3,4)32-22)30-25(28)18-13-16-10-11-17(18)12-16/h5-11,16-24H,12-14H2,1-4H3/t16-,17+,18-,19-,20-,21+,22+,23+,24+/m1/s1. The van der Waals surface area contributed by atoms with E-state index in [-0.39, 0.29) is 23.9 Å². The van der Waals surface area contributed by atoms with E-state index in [1.165, 1.54) is 0 Å². The van der Waals surface area contributed by atoms with Crippen LogP contribution in [0.5, 0.6) is 0 Å². The Morgan fingerprint density at radius 2 is 1.47 bits per heavy atom. The van der Waals surface area contributed by atoms with E-state index in [9.17, 15) is 4.79 Å². The number of ether oxygens (including phenoxy) is 6. The highest BCUT2D eigenvalue weighted by Crippen LogP contribution is 2.48. The topological polar surface area (TPSA) is 72.5 Å². The van der Waals surface area contributed by atoms with E-state index in [1.807, 2.05) is 58.0 Å². The maximum atomic E-state index is 13.4. The van der Waals surface area contributed by atoms with Gasteiger partial charge in [-0.25, -0.2) is 0 Å². The van der Waals surface area contributed by atoms with Gasteiger partial charge in [-0.2, -0.15) is 0 Å². The zero-order valence-corrected chi connectivity index (χ0v) is 20.2. The normalized spacial score (nSPS) is 43.0. The van der Waals surface area contributed by atoms with Gasteiger partial charge < -0.3 is 28.4 Å². The Morgan fingerprint density at radius 3 is 2.06 bits per heavy atom. The van der Waals surface area contributed by atoms with E-state index in [0.29, 0.717) is 12.5 Å². The van der Waals surface area contributed by atoms with Gasteiger partial charge in [-0.15, -0.1) is 0 Å². The minimum Gasteiger partial charge on any atom is -0.456 e. The molecule has 3 aliphatic carbocycles. The number of carbonyl (C=O) groups is 1. The predicted octanol–water partition coefficient (Wildman–Crippen LogP) is 3.75. The Balaban J connectivity index is 1.30. The molecule has 2 saturated heterocycles. The van der Waals surface area contributed by atoms with Gasteiger partial charge in [0.2, 0.25) is 0 Å². The molecule has 9 atom stereocenters. The molecule has 2 aliphatic heterocycles. The fourth-order valence-electron chi connectivity index (χ4n) is 6.39. The summed E-state index contributed by atoms with van der Waals surface area (Å²) in [6.45, 7) is 7.89. The maximum absolute atomic E-state index is 13.4. The van der Waals surface area contributed by atoms with E-state index in [1.54, 1.807) is 0 Å². The summed E-state index contributed by atoms with van der Waals surface area (Å²) in [5, 5.41) is 0. The van der Waals surface area contributed by atoms with Gasteiger partial charge in [0, 0.05) is 0 Å². The molecule has 7 heteroatoms. The lowest BCUT2D eigenvalue weighted by molar-refractivity contribution is -0.213. The van der Waals surface area contributed by atoms with Gasteiger partial charge in [-0.3, -0.25) is 4.79 Å². The number of benzene rings is 1. The number of hydrogen-bond donors (Lipinski definition) is 0. The molecule has 0 spiro atoms. The van der Waals surface area contributed by atoms with Gasteiger partial charge in [0.05, 0.1) is 12.5 Å². The SMILES string of the molecule is CC1(C)O[C@@H]2[C@H]3OC(C)(C)O[C@H]3[C@H](OC(=O)[C@@H]3C[C@@H]4C=C[C@H]3C4)[C@@H](OCc3ccccc3)[C@@H]2O1. The quantitative estimate of drug-likeness (QED) is 0.479. The number of fused-ring (bicyclic) bond motifs is 5. The van der Waals surface area contributed by atoms with Crippen molar-refractivity contribution in [3.63, 3.8) is 0 Å². The molecule has 2 bridgehead atoms. The highest BCUT2D eigenvalue weighted by Gasteiger charge is 2.65. The smallest absolute Gasteiger partial charge is 0.310 e. The zero-order chi connectivity index (χ0) is 23.7. The molecule has 0 aromatic heterocycles. The average molecular weight is 471 g/mol. The second kappa shape index (κ2) is 8.14. The van der Waals surface area contributed by atoms with Crippen LogP contribution in [0.25, 0.3) is 0 Å². The summed E-state index contributed by atoms with van der Waals surface area (Å²) in [6, 6.07) is 9.96. The summed E-state index contributed by atoms with van der Waals surface area (Å²) in [7, 11) is 0. The Hall–Kier alpha value is -1.77. The molecule has 1 aromatic rings. The molecule has 0 amide bonds. The number of carbonyl (C=O) groups excluding carboxylic acids is 1. The third kappa shape index (κ3) is 4.01. The van der Waals surface area contributed by atoms with Crippen LogP contribution in [0.15, 0.2) is 42.5 Å². The monoisotopic (exact) mass is 470 g/mol. The summed E-state index contributed by atoms with van der Waals surface area (Å²) in [5.74, 6) is -1.20. The van der Waals surface area contributed by atoms with Gasteiger partial charge in [0.1, 0.15) is 30.5 Å². The van der Waals surface area contributed by atoms with Crippen molar-refractivity contribution in [1.82, 2.24) is 0 Å². The van der Waals surface area contributed by atoms with Crippen molar-refractivity contribution in [3.05, 3.63) is 48.0 Å². The first-order chi connectivity index (χ1) is 16.2. The lowest BCUT2D eigenvalue weighted by atomic mass is 9.84. The first-order valence-corrected chi connectivity index (χ1v) is 12.4. The average Bonchev–Trinajstić information content (AvgIpc) is 3.55. The summed E-state index contributed by atoms with van der Waals surface area (Å²) in [6.07, 6.45) is 3.29. The van der Waals surface area contributed by atoms with Crippen LogP contribution < -0.4 is 0 Å². The Bertz CT molecular complexity index is 957. The highest BCUT2D eigenvalue weighted by molar-refractivity contribution is 5.74. The van der Waals surface area contributed by atoms with Crippen molar-refractivity contribution in [2.45, 2.75) is 95.3 Å². The van der Waals surface area contributed by atoms with Crippen LogP contribution >= 0.6 is 0 Å². The molecule has 0 radical (unpaired) electrons. The largest absolute Gasteiger partial charge is 0.456 e. The molecule has 1 aromatic carbocycles. The summed E-state index contributed by atoms with van der Waals surface area (Å²) >= 11 is 0. The molecule has 5 aliphatic rings. The second-order valence-electron chi connectivity index (χ2n) is 11.2. The molecule has 7 nitrogen and oxygen atoms in total. The van der Waals surface area contributed by atoms with Crippen LogP contribution in [0.3, 0.4) is 0 Å². The molecular formula is C27H34O7. The Morgan fingerprint density at radius 1 is 0.853 bits per heavy atom. The minimum atomic E-state index is -0.829. The molecule has 2 heterocycles. The molecule has 0 unspecified atom stereocenters.